The number of carboxylic acid groups (broad SMARTS) is 1. The number of nitrogens with one attached hydrogen (secondary N) is 1. The zero-order valence-corrected chi connectivity index (χ0v) is 11.8. The van der Waals surface area contributed by atoms with E-state index >= 15 is 0 Å². The lowest BCUT2D eigenvalue weighted by molar-refractivity contribution is -0.132. The van der Waals surface area contributed by atoms with Crippen LogP contribution in [0.3, 0.4) is 0 Å². The smallest absolute Gasteiger partial charge is 0.333 e. The Morgan fingerprint density at radius 2 is 1.78 bits per heavy atom. The van der Waals surface area contributed by atoms with Gasteiger partial charge < -0.3 is 10.4 Å². The number of hydrogen-bond donors (Lipinski definition) is 2. The summed E-state index contributed by atoms with van der Waals surface area (Å²) in [6.07, 6.45) is 1.12. The van der Waals surface area contributed by atoms with Crippen LogP contribution in [-0.2, 0) is 17.1 Å². The van der Waals surface area contributed by atoms with Crippen LogP contribution in [-0.4, -0.2) is 11.1 Å². The Kier molecular flexibility index (Phi) is 3.60. The van der Waals surface area contributed by atoms with Crippen LogP contribution in [0.15, 0.2) is 54.2 Å². The highest BCUT2D eigenvalue weighted by Crippen LogP contribution is 2.42. The van der Waals surface area contributed by atoms with E-state index in [1.54, 1.807) is 6.07 Å². The molecule has 2 aromatic carbocycles. The van der Waals surface area contributed by atoms with Gasteiger partial charge >= 0.3 is 11.9 Å². The molecule has 23 heavy (non-hydrogen) atoms. The number of rotatable bonds is 3. The molecule has 3 rings (SSSR count). The zero-order valence-electron chi connectivity index (χ0n) is 11.8. The first-order chi connectivity index (χ1) is 10.9. The van der Waals surface area contributed by atoms with Crippen LogP contribution in [0.4, 0.5) is 18.9 Å². The summed E-state index contributed by atoms with van der Waals surface area (Å²) in [5, 5.41) is 11.8. The fourth-order valence-corrected chi connectivity index (χ4v) is 2.61. The van der Waals surface area contributed by atoms with Crippen molar-refractivity contribution < 1.29 is 23.1 Å². The van der Waals surface area contributed by atoms with E-state index in [1.807, 2.05) is 0 Å². The maximum absolute atomic E-state index is 14.8. The van der Waals surface area contributed by atoms with Crippen LogP contribution in [0.25, 0.3) is 0 Å². The largest absolute Gasteiger partial charge is 0.478 e. The lowest BCUT2D eigenvalue weighted by Gasteiger charge is -2.25. The summed E-state index contributed by atoms with van der Waals surface area (Å²) in [6, 6.07) is 8.86. The summed E-state index contributed by atoms with van der Waals surface area (Å²) >= 11 is 0. The zero-order chi connectivity index (χ0) is 16.6. The van der Waals surface area contributed by atoms with Gasteiger partial charge in [-0.05, 0) is 23.8 Å². The van der Waals surface area contributed by atoms with Crippen molar-refractivity contribution in [1.29, 1.82) is 0 Å². The molecule has 0 bridgehead atoms. The fraction of sp³-hybridized carbons (Fsp3) is 0.118. The van der Waals surface area contributed by atoms with Gasteiger partial charge in [-0.2, -0.15) is 8.78 Å². The first kappa shape index (κ1) is 15.1. The predicted molar refractivity (Wildman–Crippen MR) is 78.9 cm³/mol. The average Bonchev–Trinajstić information content (AvgIpc) is 2.53. The second kappa shape index (κ2) is 5.46. The highest BCUT2D eigenvalue weighted by molar-refractivity contribution is 5.89. The minimum absolute atomic E-state index is 0.0331. The first-order valence-electron chi connectivity index (χ1n) is 6.85. The molecule has 0 atom stereocenters. The average molecular weight is 319 g/mol. The summed E-state index contributed by atoms with van der Waals surface area (Å²) in [6.45, 7) is 0. The Morgan fingerprint density at radius 1 is 1.09 bits per heavy atom. The lowest BCUT2D eigenvalue weighted by atomic mass is 9.89. The molecule has 0 amide bonds. The van der Waals surface area contributed by atoms with Gasteiger partial charge in [-0.25, -0.2) is 9.18 Å². The minimum atomic E-state index is -3.57. The van der Waals surface area contributed by atoms with Gasteiger partial charge in [-0.3, -0.25) is 0 Å². The SMILES string of the molecule is O=C(O)C1=CNc2cccc(C(F)(F)c3ccccc3F)c2C1. The third kappa shape index (κ3) is 2.56. The Hall–Kier alpha value is -2.76. The van der Waals surface area contributed by atoms with Crippen LogP contribution < -0.4 is 5.32 Å². The molecule has 118 valence electrons. The third-order valence-electron chi connectivity index (χ3n) is 3.77. The van der Waals surface area contributed by atoms with Gasteiger partial charge in [0.05, 0.1) is 11.1 Å². The first-order valence-corrected chi connectivity index (χ1v) is 6.85. The third-order valence-corrected chi connectivity index (χ3v) is 3.77. The molecule has 0 saturated carbocycles. The number of halogens is 3. The van der Waals surface area contributed by atoms with E-state index in [0.29, 0.717) is 5.69 Å². The van der Waals surface area contributed by atoms with E-state index in [1.165, 1.54) is 30.5 Å². The molecule has 0 fully saturated rings. The molecule has 6 heteroatoms. The van der Waals surface area contributed by atoms with Crippen LogP contribution in [0.1, 0.15) is 16.7 Å². The van der Waals surface area contributed by atoms with Crippen molar-refractivity contribution in [3.63, 3.8) is 0 Å². The second-order valence-corrected chi connectivity index (χ2v) is 5.18. The molecule has 1 heterocycles. The van der Waals surface area contributed by atoms with Gasteiger partial charge in [0.1, 0.15) is 5.82 Å². The topological polar surface area (TPSA) is 49.3 Å². The van der Waals surface area contributed by atoms with Crippen LogP contribution in [0, 0.1) is 5.82 Å². The van der Waals surface area contributed by atoms with Crippen molar-refractivity contribution in [3.8, 4) is 0 Å². The summed E-state index contributed by atoms with van der Waals surface area (Å²) in [4.78, 5) is 11.1. The number of fused-ring (bicyclic) bond motifs is 1. The Labute approximate surface area is 130 Å². The highest BCUT2D eigenvalue weighted by Gasteiger charge is 2.39. The van der Waals surface area contributed by atoms with Gasteiger partial charge in [0.25, 0.3) is 0 Å². The normalized spacial score (nSPS) is 13.8. The molecule has 1 aliphatic heterocycles. The maximum Gasteiger partial charge on any atom is 0.333 e. The molecule has 3 nitrogen and oxygen atoms in total. The van der Waals surface area contributed by atoms with E-state index in [9.17, 15) is 18.0 Å². The van der Waals surface area contributed by atoms with Gasteiger partial charge in [0, 0.05) is 23.9 Å². The van der Waals surface area contributed by atoms with Crippen molar-refractivity contribution in [2.24, 2.45) is 0 Å². The summed E-state index contributed by atoms with van der Waals surface area (Å²) in [7, 11) is 0. The van der Waals surface area contributed by atoms with E-state index in [2.05, 4.69) is 5.32 Å². The number of benzene rings is 2. The summed E-state index contributed by atoms with van der Waals surface area (Å²) < 4.78 is 43.5. The number of anilines is 1. The van der Waals surface area contributed by atoms with Crippen molar-refractivity contribution in [2.45, 2.75) is 12.3 Å². The Balaban J connectivity index is 2.13. The van der Waals surface area contributed by atoms with E-state index in [-0.39, 0.29) is 17.6 Å². The summed E-state index contributed by atoms with van der Waals surface area (Å²) in [5.74, 6) is -5.76. The van der Waals surface area contributed by atoms with E-state index in [0.717, 1.165) is 12.1 Å². The Bertz CT molecular complexity index is 815. The van der Waals surface area contributed by atoms with Gasteiger partial charge in [0.15, 0.2) is 0 Å². The number of carbonyl (C=O) groups is 1. The molecule has 2 N–H and O–H groups in total. The van der Waals surface area contributed by atoms with E-state index < -0.39 is 28.8 Å². The van der Waals surface area contributed by atoms with Crippen LogP contribution in [0.5, 0.6) is 0 Å². The number of hydrogen-bond acceptors (Lipinski definition) is 2. The monoisotopic (exact) mass is 319 g/mol. The van der Waals surface area contributed by atoms with Gasteiger partial charge in [-0.15, -0.1) is 0 Å². The molecular formula is C17H12F3NO2. The van der Waals surface area contributed by atoms with Crippen molar-refractivity contribution >= 4 is 11.7 Å². The molecule has 0 spiro atoms. The van der Waals surface area contributed by atoms with Crippen molar-refractivity contribution in [2.75, 3.05) is 5.32 Å². The van der Waals surface area contributed by atoms with Gasteiger partial charge in [-0.1, -0.05) is 24.3 Å². The number of aliphatic carboxylic acids is 1. The molecule has 0 aromatic heterocycles. The molecule has 1 aliphatic rings. The summed E-state index contributed by atoms with van der Waals surface area (Å²) in [5.41, 5.74) is -0.627. The highest BCUT2D eigenvalue weighted by atomic mass is 19.3. The van der Waals surface area contributed by atoms with Crippen molar-refractivity contribution in [1.82, 2.24) is 0 Å². The maximum atomic E-state index is 14.8. The van der Waals surface area contributed by atoms with Gasteiger partial charge in [0.2, 0.25) is 0 Å². The standard InChI is InChI=1S/C17H12F3NO2/c18-14-6-2-1-4-13(14)17(19,20)12-5-3-7-15-11(12)8-10(9-21-15)16(22)23/h1-7,9,21H,8H2,(H,22,23). The Morgan fingerprint density at radius 3 is 2.48 bits per heavy atom. The second-order valence-electron chi connectivity index (χ2n) is 5.18. The molecule has 0 radical (unpaired) electrons. The molecule has 0 aliphatic carbocycles. The molecule has 0 saturated heterocycles. The van der Waals surface area contributed by atoms with E-state index in [4.69, 9.17) is 5.11 Å². The van der Waals surface area contributed by atoms with Crippen LogP contribution >= 0.6 is 0 Å². The quantitative estimate of drug-likeness (QED) is 0.902. The number of carboxylic acids is 1. The minimum Gasteiger partial charge on any atom is -0.478 e. The molecule has 2 aromatic rings. The predicted octanol–water partition coefficient (Wildman–Crippen LogP) is 3.90. The molecule has 0 unspecified atom stereocenters. The lowest BCUT2D eigenvalue weighted by Crippen LogP contribution is -2.22. The van der Waals surface area contributed by atoms with Crippen molar-refractivity contribution in [3.05, 3.63) is 76.7 Å². The molecular weight excluding hydrogens is 307 g/mol. The fourth-order valence-electron chi connectivity index (χ4n) is 2.61. The van der Waals surface area contributed by atoms with Crippen LogP contribution in [0.2, 0.25) is 0 Å². The number of alkyl halides is 2.